The van der Waals surface area contributed by atoms with Crippen LogP contribution in [0.4, 0.5) is 0 Å². The fraction of sp³-hybridized carbons (Fsp3) is 0.889. The number of hydrogen-bond acceptors (Lipinski definition) is 8. The van der Waals surface area contributed by atoms with Crippen molar-refractivity contribution in [3.63, 3.8) is 0 Å². The van der Waals surface area contributed by atoms with Crippen LogP contribution >= 0.6 is 0 Å². The van der Waals surface area contributed by atoms with Crippen molar-refractivity contribution in [2.75, 3.05) is 59.3 Å². The molecule has 0 saturated carbocycles. The molecular weight excluding hydrogens is 370 g/mol. The number of aliphatic carboxylic acids is 1. The first-order valence-corrected chi connectivity index (χ1v) is 9.88. The van der Waals surface area contributed by atoms with Crippen molar-refractivity contribution in [3.8, 4) is 0 Å². The van der Waals surface area contributed by atoms with Gasteiger partial charge >= 0.3 is 5.97 Å². The number of ether oxygens (including phenoxy) is 3. The lowest BCUT2D eigenvalue weighted by Crippen LogP contribution is -2.38. The van der Waals surface area contributed by atoms with E-state index in [1.165, 1.54) is 0 Å². The highest BCUT2D eigenvalue weighted by molar-refractivity contribution is 5.78. The number of carboxylic acid groups (broad SMARTS) is 1. The Kier molecular flexibility index (Phi) is 18.2. The van der Waals surface area contributed by atoms with E-state index in [0.29, 0.717) is 52.7 Å². The van der Waals surface area contributed by atoms with Gasteiger partial charge in [-0.15, -0.1) is 0 Å². The van der Waals surface area contributed by atoms with E-state index < -0.39 is 18.2 Å². The third-order valence-electron chi connectivity index (χ3n) is 3.65. The van der Waals surface area contributed by atoms with Crippen LogP contribution in [0.2, 0.25) is 0 Å². The van der Waals surface area contributed by atoms with Gasteiger partial charge < -0.3 is 35.1 Å². The molecule has 5 N–H and O–H groups in total. The van der Waals surface area contributed by atoms with Gasteiger partial charge in [-0.3, -0.25) is 14.9 Å². The number of hydrogen-bond donors (Lipinski definition) is 5. The fourth-order valence-corrected chi connectivity index (χ4v) is 2.17. The Bertz CT molecular complexity index is 399. The van der Waals surface area contributed by atoms with E-state index in [4.69, 9.17) is 19.3 Å². The zero-order valence-corrected chi connectivity index (χ0v) is 17.1. The van der Waals surface area contributed by atoms with Gasteiger partial charge in [0.05, 0.1) is 33.0 Å². The van der Waals surface area contributed by atoms with Crippen LogP contribution in [0.3, 0.4) is 0 Å². The molecule has 0 heterocycles. The molecule has 0 aromatic rings. The third-order valence-corrected chi connectivity index (χ3v) is 3.65. The summed E-state index contributed by atoms with van der Waals surface area (Å²) in [4.78, 5) is 22.8. The van der Waals surface area contributed by atoms with Gasteiger partial charge in [-0.25, -0.2) is 0 Å². The summed E-state index contributed by atoms with van der Waals surface area (Å²) in [6.07, 6.45) is 0.475. The third kappa shape index (κ3) is 16.8. The van der Waals surface area contributed by atoms with Crippen LogP contribution < -0.4 is 16.0 Å². The van der Waals surface area contributed by atoms with Crippen molar-refractivity contribution >= 4 is 11.9 Å². The van der Waals surface area contributed by atoms with Crippen LogP contribution in [-0.2, 0) is 23.8 Å². The van der Waals surface area contributed by atoms with Crippen LogP contribution in [0.1, 0.15) is 33.1 Å². The van der Waals surface area contributed by atoms with E-state index >= 15 is 0 Å². The number of carbonyl (C=O) groups is 2. The summed E-state index contributed by atoms with van der Waals surface area (Å²) in [6.45, 7) is 7.72. The maximum atomic E-state index is 11.7. The van der Waals surface area contributed by atoms with Gasteiger partial charge in [-0.1, -0.05) is 6.92 Å². The molecule has 0 radical (unpaired) electrons. The summed E-state index contributed by atoms with van der Waals surface area (Å²) < 4.78 is 15.7. The Morgan fingerprint density at radius 2 is 1.64 bits per heavy atom. The van der Waals surface area contributed by atoms with Gasteiger partial charge in [0.1, 0.15) is 12.3 Å². The Morgan fingerprint density at radius 1 is 0.929 bits per heavy atom. The summed E-state index contributed by atoms with van der Waals surface area (Å²) >= 11 is 0. The van der Waals surface area contributed by atoms with Crippen molar-refractivity contribution in [2.24, 2.45) is 0 Å². The molecule has 1 amide bonds. The van der Waals surface area contributed by atoms with Crippen molar-refractivity contribution in [2.45, 2.75) is 45.4 Å². The second-order valence-corrected chi connectivity index (χ2v) is 6.09. The van der Waals surface area contributed by atoms with Crippen LogP contribution in [0.25, 0.3) is 0 Å². The van der Waals surface area contributed by atoms with Crippen LogP contribution in [0.5, 0.6) is 0 Å². The Labute approximate surface area is 167 Å². The summed E-state index contributed by atoms with van der Waals surface area (Å²) in [6, 6.07) is -0.705. The molecule has 166 valence electrons. The Hall–Kier alpha value is -1.30. The predicted molar refractivity (Wildman–Crippen MR) is 104 cm³/mol. The topological polar surface area (TPSA) is 138 Å². The highest BCUT2D eigenvalue weighted by atomic mass is 16.5. The zero-order valence-electron chi connectivity index (χ0n) is 17.1. The normalized spacial score (nSPS) is 13.2. The number of rotatable bonds is 20. The van der Waals surface area contributed by atoms with E-state index in [0.717, 1.165) is 6.42 Å². The molecule has 10 nitrogen and oxygen atoms in total. The number of amides is 1. The van der Waals surface area contributed by atoms with Gasteiger partial charge in [0.25, 0.3) is 0 Å². The summed E-state index contributed by atoms with van der Waals surface area (Å²) in [7, 11) is 0. The molecule has 28 heavy (non-hydrogen) atoms. The molecular formula is C18H37N3O7. The molecule has 2 atom stereocenters. The lowest BCUT2D eigenvalue weighted by molar-refractivity contribution is -0.139. The van der Waals surface area contributed by atoms with Crippen molar-refractivity contribution in [3.05, 3.63) is 0 Å². The molecule has 0 fully saturated rings. The molecule has 0 rings (SSSR count). The standard InChI is InChI=1S/C18H37N3O7/c1-3-7-19-15(18(24)25)5-6-16(22)20-9-11-27-12-13-28-14-17(23)21-8-10-26-4-2/h15,17,19,21,23H,3-14H2,1-2H3,(H,20,22)(H,24,25). The molecule has 0 aromatic heterocycles. The minimum absolute atomic E-state index is 0.144. The lowest BCUT2D eigenvalue weighted by atomic mass is 10.1. The number of aliphatic hydroxyl groups is 1. The SMILES string of the molecule is CCCNC(CCC(=O)NCCOCCOCC(O)NCCOCC)C(=O)O. The predicted octanol–water partition coefficient (Wildman–Crippen LogP) is -0.687. The average molecular weight is 408 g/mol. The number of nitrogens with one attached hydrogen (secondary N) is 3. The van der Waals surface area contributed by atoms with E-state index in [9.17, 15) is 14.7 Å². The largest absolute Gasteiger partial charge is 0.480 e. The summed E-state index contributed by atoms with van der Waals surface area (Å²) in [5.74, 6) is -1.15. The summed E-state index contributed by atoms with van der Waals surface area (Å²) in [5.41, 5.74) is 0. The molecule has 0 bridgehead atoms. The number of carbonyl (C=O) groups excluding carboxylic acids is 1. The maximum absolute atomic E-state index is 11.7. The van der Waals surface area contributed by atoms with Crippen molar-refractivity contribution in [1.29, 1.82) is 0 Å². The number of aliphatic hydroxyl groups excluding tert-OH is 1. The number of carboxylic acids is 1. The molecule has 0 spiro atoms. The molecule has 2 unspecified atom stereocenters. The molecule has 0 aromatic carbocycles. The Balaban J connectivity index is 3.52. The van der Waals surface area contributed by atoms with Gasteiger partial charge in [0, 0.05) is 26.1 Å². The first kappa shape index (κ1) is 26.7. The quantitative estimate of drug-likeness (QED) is 0.131. The molecule has 0 aliphatic rings. The highest BCUT2D eigenvalue weighted by Gasteiger charge is 2.17. The summed E-state index contributed by atoms with van der Waals surface area (Å²) in [5, 5.41) is 27.1. The van der Waals surface area contributed by atoms with E-state index in [-0.39, 0.29) is 25.4 Å². The van der Waals surface area contributed by atoms with Gasteiger partial charge in [-0.2, -0.15) is 0 Å². The second kappa shape index (κ2) is 19.0. The molecule has 0 saturated heterocycles. The lowest BCUT2D eigenvalue weighted by Gasteiger charge is -2.14. The molecule has 0 aliphatic carbocycles. The minimum atomic E-state index is -0.945. The fourth-order valence-electron chi connectivity index (χ4n) is 2.17. The smallest absolute Gasteiger partial charge is 0.320 e. The van der Waals surface area contributed by atoms with E-state index in [1.54, 1.807) is 0 Å². The van der Waals surface area contributed by atoms with Crippen molar-refractivity contribution in [1.82, 2.24) is 16.0 Å². The zero-order chi connectivity index (χ0) is 21.0. The highest BCUT2D eigenvalue weighted by Crippen LogP contribution is 1.98. The first-order chi connectivity index (χ1) is 13.5. The monoisotopic (exact) mass is 407 g/mol. The van der Waals surface area contributed by atoms with Crippen LogP contribution in [0.15, 0.2) is 0 Å². The van der Waals surface area contributed by atoms with E-state index in [2.05, 4.69) is 16.0 Å². The molecule has 10 heteroatoms. The Morgan fingerprint density at radius 3 is 2.32 bits per heavy atom. The maximum Gasteiger partial charge on any atom is 0.320 e. The van der Waals surface area contributed by atoms with E-state index in [1.807, 2.05) is 13.8 Å². The average Bonchev–Trinajstić information content (AvgIpc) is 2.67. The van der Waals surface area contributed by atoms with Crippen molar-refractivity contribution < 1.29 is 34.0 Å². The van der Waals surface area contributed by atoms with Gasteiger partial charge in [-0.05, 0) is 26.3 Å². The minimum Gasteiger partial charge on any atom is -0.480 e. The molecule has 0 aliphatic heterocycles. The first-order valence-electron chi connectivity index (χ1n) is 9.88. The van der Waals surface area contributed by atoms with Gasteiger partial charge in [0.2, 0.25) is 5.91 Å². The second-order valence-electron chi connectivity index (χ2n) is 6.09. The van der Waals surface area contributed by atoms with Crippen LogP contribution in [0, 0.1) is 0 Å². The van der Waals surface area contributed by atoms with Gasteiger partial charge in [0.15, 0.2) is 0 Å². The van der Waals surface area contributed by atoms with Crippen LogP contribution in [-0.4, -0.2) is 93.6 Å².